The Morgan fingerprint density at radius 2 is 1.62 bits per heavy atom. The van der Waals surface area contributed by atoms with E-state index in [2.05, 4.69) is 41.3 Å². The van der Waals surface area contributed by atoms with Gasteiger partial charge in [0.05, 0.1) is 18.8 Å². The topological polar surface area (TPSA) is 38.8 Å². The molecule has 0 bridgehead atoms. The number of benzene rings is 3. The van der Waals surface area contributed by atoms with E-state index in [9.17, 15) is 4.79 Å². The Labute approximate surface area is 170 Å². The van der Waals surface area contributed by atoms with Crippen LogP contribution >= 0.6 is 0 Å². The van der Waals surface area contributed by atoms with Gasteiger partial charge in [0.25, 0.3) is 0 Å². The second-order valence-electron chi connectivity index (χ2n) is 7.54. The second-order valence-corrected chi connectivity index (χ2v) is 7.54. The van der Waals surface area contributed by atoms with Crippen LogP contribution < -0.4 is 0 Å². The molecule has 0 radical (unpaired) electrons. The Morgan fingerprint density at radius 1 is 0.862 bits per heavy atom. The molecule has 1 fully saturated rings. The smallest absolute Gasteiger partial charge is 0.339 e. The molecule has 1 saturated heterocycles. The highest BCUT2D eigenvalue weighted by atomic mass is 16.5. The average molecular weight is 385 g/mol. The first-order valence-corrected chi connectivity index (χ1v) is 10.1. The number of esters is 1. The predicted molar refractivity (Wildman–Crippen MR) is 112 cm³/mol. The van der Waals surface area contributed by atoms with Gasteiger partial charge < -0.3 is 9.47 Å². The fourth-order valence-electron chi connectivity index (χ4n) is 4.20. The molecule has 5 rings (SSSR count). The van der Waals surface area contributed by atoms with E-state index in [0.29, 0.717) is 5.56 Å². The quantitative estimate of drug-likeness (QED) is 0.622. The molecule has 3 aromatic carbocycles. The van der Waals surface area contributed by atoms with Crippen LogP contribution in [0.5, 0.6) is 0 Å². The molecule has 0 N–H and O–H groups in total. The maximum absolute atomic E-state index is 12.2. The van der Waals surface area contributed by atoms with Crippen molar-refractivity contribution in [3.63, 3.8) is 0 Å². The minimum atomic E-state index is -0.343. The summed E-state index contributed by atoms with van der Waals surface area (Å²) in [5.74, 6) is -0.247. The van der Waals surface area contributed by atoms with Crippen molar-refractivity contribution in [2.75, 3.05) is 26.3 Å². The number of ether oxygens (including phenoxy) is 2. The molecular weight excluding hydrogens is 362 g/mol. The largest absolute Gasteiger partial charge is 0.449 e. The third-order valence-electron chi connectivity index (χ3n) is 5.70. The Kier molecular flexibility index (Phi) is 4.88. The lowest BCUT2D eigenvalue weighted by Crippen LogP contribution is -2.35. The van der Waals surface area contributed by atoms with Crippen LogP contribution in [0.25, 0.3) is 11.1 Å². The molecule has 4 nitrogen and oxygen atoms in total. The van der Waals surface area contributed by atoms with E-state index in [-0.39, 0.29) is 12.1 Å². The number of carbonyl (C=O) groups is 1. The van der Waals surface area contributed by atoms with Crippen LogP contribution in [-0.4, -0.2) is 37.2 Å². The minimum absolute atomic E-state index is 0.247. The van der Waals surface area contributed by atoms with Gasteiger partial charge in [-0.1, -0.05) is 60.7 Å². The molecule has 0 saturated carbocycles. The molecule has 3 aromatic rings. The van der Waals surface area contributed by atoms with Crippen molar-refractivity contribution >= 4 is 5.97 Å². The van der Waals surface area contributed by atoms with Gasteiger partial charge in [-0.2, -0.15) is 0 Å². The van der Waals surface area contributed by atoms with Crippen LogP contribution in [0.15, 0.2) is 72.8 Å². The van der Waals surface area contributed by atoms with Gasteiger partial charge >= 0.3 is 5.97 Å². The molecule has 0 aliphatic carbocycles. The van der Waals surface area contributed by atoms with Crippen molar-refractivity contribution in [3.05, 3.63) is 95.1 Å². The van der Waals surface area contributed by atoms with E-state index in [1.165, 1.54) is 11.1 Å². The summed E-state index contributed by atoms with van der Waals surface area (Å²) in [6.07, 6.45) is -0.343. The zero-order valence-corrected chi connectivity index (χ0v) is 16.2. The molecule has 146 valence electrons. The van der Waals surface area contributed by atoms with Crippen molar-refractivity contribution in [3.8, 4) is 11.1 Å². The van der Waals surface area contributed by atoms with Gasteiger partial charge in [-0.25, -0.2) is 4.79 Å². The number of hydrogen-bond acceptors (Lipinski definition) is 4. The normalized spacial score (nSPS) is 19.0. The van der Waals surface area contributed by atoms with Gasteiger partial charge in [-0.3, -0.25) is 4.90 Å². The zero-order valence-electron chi connectivity index (χ0n) is 16.2. The van der Waals surface area contributed by atoms with Gasteiger partial charge in [0.2, 0.25) is 0 Å². The molecule has 0 aromatic heterocycles. The summed E-state index contributed by atoms with van der Waals surface area (Å²) < 4.78 is 11.2. The van der Waals surface area contributed by atoms with Crippen molar-refractivity contribution < 1.29 is 14.3 Å². The van der Waals surface area contributed by atoms with Crippen molar-refractivity contribution in [1.29, 1.82) is 0 Å². The highest BCUT2D eigenvalue weighted by Gasteiger charge is 2.31. The number of nitrogens with zero attached hydrogens (tertiary/aromatic N) is 1. The molecular formula is C25H23NO3. The van der Waals surface area contributed by atoms with Crippen LogP contribution in [0.4, 0.5) is 0 Å². The summed E-state index contributed by atoms with van der Waals surface area (Å²) in [6.45, 7) is 4.42. The van der Waals surface area contributed by atoms with Crippen LogP contribution in [0.3, 0.4) is 0 Å². The SMILES string of the molecule is O=C1OC(c2cccc(-c3ccccc3CN3CCOCC3)c2)c2ccccc21. The highest BCUT2D eigenvalue weighted by Crippen LogP contribution is 2.37. The number of rotatable bonds is 4. The lowest BCUT2D eigenvalue weighted by molar-refractivity contribution is 0.0342. The fourth-order valence-corrected chi connectivity index (χ4v) is 4.20. The van der Waals surface area contributed by atoms with Gasteiger partial charge in [-0.15, -0.1) is 0 Å². The van der Waals surface area contributed by atoms with Crippen LogP contribution in [0.1, 0.15) is 33.2 Å². The lowest BCUT2D eigenvalue weighted by atomic mass is 9.94. The fraction of sp³-hybridized carbons (Fsp3) is 0.240. The van der Waals surface area contributed by atoms with Crippen LogP contribution in [-0.2, 0) is 16.0 Å². The molecule has 29 heavy (non-hydrogen) atoms. The first kappa shape index (κ1) is 18.1. The molecule has 0 amide bonds. The molecule has 1 unspecified atom stereocenters. The number of fused-ring (bicyclic) bond motifs is 1. The van der Waals surface area contributed by atoms with Crippen LogP contribution in [0, 0.1) is 0 Å². The van der Waals surface area contributed by atoms with E-state index in [4.69, 9.17) is 9.47 Å². The Morgan fingerprint density at radius 3 is 2.48 bits per heavy atom. The maximum Gasteiger partial charge on any atom is 0.339 e. The lowest BCUT2D eigenvalue weighted by Gasteiger charge is -2.27. The molecule has 2 aliphatic rings. The van der Waals surface area contributed by atoms with E-state index in [1.54, 1.807) is 0 Å². The van der Waals surface area contributed by atoms with E-state index in [0.717, 1.165) is 49.5 Å². The molecule has 1 atom stereocenters. The van der Waals surface area contributed by atoms with E-state index < -0.39 is 0 Å². The highest BCUT2D eigenvalue weighted by molar-refractivity contribution is 5.94. The number of morpholine rings is 1. The maximum atomic E-state index is 12.2. The predicted octanol–water partition coefficient (Wildman–Crippen LogP) is 4.45. The molecule has 2 heterocycles. The first-order valence-electron chi connectivity index (χ1n) is 10.1. The van der Waals surface area contributed by atoms with E-state index >= 15 is 0 Å². The Bertz CT molecular complexity index is 1040. The summed E-state index contributed by atoms with van der Waals surface area (Å²) in [5.41, 5.74) is 6.27. The second kappa shape index (κ2) is 7.82. The average Bonchev–Trinajstić information content (AvgIpc) is 3.12. The van der Waals surface area contributed by atoms with Crippen molar-refractivity contribution in [1.82, 2.24) is 4.90 Å². The van der Waals surface area contributed by atoms with Gasteiger partial charge in [0.1, 0.15) is 0 Å². The summed E-state index contributed by atoms with van der Waals surface area (Å²) >= 11 is 0. The van der Waals surface area contributed by atoms with Gasteiger partial charge in [0.15, 0.2) is 6.10 Å². The van der Waals surface area contributed by atoms with Crippen molar-refractivity contribution in [2.45, 2.75) is 12.6 Å². The van der Waals surface area contributed by atoms with Gasteiger partial charge in [-0.05, 0) is 34.4 Å². The Balaban J connectivity index is 1.48. The van der Waals surface area contributed by atoms with E-state index in [1.807, 2.05) is 36.4 Å². The standard InChI is InChI=1S/C25H23NO3/c27-25-23-11-4-3-10-22(23)24(29-25)19-8-5-7-18(16-19)21-9-2-1-6-20(21)17-26-12-14-28-15-13-26/h1-11,16,24H,12-15,17H2. The summed E-state index contributed by atoms with van der Waals surface area (Å²) in [4.78, 5) is 14.7. The summed E-state index contributed by atoms with van der Waals surface area (Å²) in [6, 6.07) is 24.5. The minimum Gasteiger partial charge on any atom is -0.449 e. The number of cyclic esters (lactones) is 1. The third-order valence-corrected chi connectivity index (χ3v) is 5.70. The monoisotopic (exact) mass is 385 g/mol. The van der Waals surface area contributed by atoms with Crippen LogP contribution in [0.2, 0.25) is 0 Å². The first-order chi connectivity index (χ1) is 14.3. The third kappa shape index (κ3) is 3.57. The molecule has 2 aliphatic heterocycles. The molecule has 0 spiro atoms. The number of carbonyl (C=O) groups excluding carboxylic acids is 1. The zero-order chi connectivity index (χ0) is 19.6. The summed E-state index contributed by atoms with van der Waals surface area (Å²) in [7, 11) is 0. The van der Waals surface area contributed by atoms with Gasteiger partial charge in [0, 0.05) is 25.2 Å². The Hall–Kier alpha value is -2.95. The molecule has 4 heteroatoms. The number of hydrogen-bond donors (Lipinski definition) is 0. The summed E-state index contributed by atoms with van der Waals surface area (Å²) in [5, 5.41) is 0. The van der Waals surface area contributed by atoms with Crippen molar-refractivity contribution in [2.24, 2.45) is 0 Å².